The van der Waals surface area contributed by atoms with E-state index >= 15 is 0 Å². The van der Waals surface area contributed by atoms with Crippen molar-refractivity contribution in [3.8, 4) is 0 Å². The van der Waals surface area contributed by atoms with Gasteiger partial charge >= 0.3 is 0 Å². The lowest BCUT2D eigenvalue weighted by Crippen LogP contribution is -2.38. The maximum absolute atomic E-state index is 11.7. The van der Waals surface area contributed by atoms with E-state index in [2.05, 4.69) is 0 Å². The zero-order valence-corrected chi connectivity index (χ0v) is 9.84. The molecule has 15 heavy (non-hydrogen) atoms. The van der Waals surface area contributed by atoms with Crippen molar-refractivity contribution in [2.75, 3.05) is 13.2 Å². The van der Waals surface area contributed by atoms with Gasteiger partial charge in [-0.25, -0.2) is 0 Å². The van der Waals surface area contributed by atoms with Crippen molar-refractivity contribution in [2.45, 2.75) is 40.0 Å². The van der Waals surface area contributed by atoms with Gasteiger partial charge < -0.3 is 4.74 Å². The summed E-state index contributed by atoms with van der Waals surface area (Å²) in [6, 6.07) is 0. The SMILES string of the molecule is CCOCCC1C(=O)CC(C)(C)CC1=O. The standard InChI is InChI=1S/C12H20O3/c1-4-15-6-5-9-10(13)7-12(2,3)8-11(9)14/h9H,4-8H2,1-3H3. The minimum absolute atomic E-state index is 0.0935. The Morgan fingerprint density at radius 1 is 1.27 bits per heavy atom. The Balaban J connectivity index is 2.52. The molecule has 86 valence electrons. The average Bonchev–Trinajstić information content (AvgIpc) is 2.08. The van der Waals surface area contributed by atoms with Gasteiger partial charge in [-0.1, -0.05) is 13.8 Å². The quantitative estimate of drug-likeness (QED) is 0.528. The number of rotatable bonds is 4. The summed E-state index contributed by atoms with van der Waals surface area (Å²) in [6.45, 7) is 7.01. The minimum atomic E-state index is -0.399. The summed E-state index contributed by atoms with van der Waals surface area (Å²) in [5.41, 5.74) is -0.143. The first-order valence-corrected chi connectivity index (χ1v) is 5.59. The van der Waals surface area contributed by atoms with Crippen LogP contribution in [0.15, 0.2) is 0 Å². The monoisotopic (exact) mass is 212 g/mol. The molecule has 1 rings (SSSR count). The van der Waals surface area contributed by atoms with Crippen LogP contribution in [0.5, 0.6) is 0 Å². The minimum Gasteiger partial charge on any atom is -0.382 e. The second-order valence-electron chi connectivity index (χ2n) is 4.99. The fourth-order valence-electron chi connectivity index (χ4n) is 2.10. The first-order valence-electron chi connectivity index (χ1n) is 5.59. The molecule has 0 unspecified atom stereocenters. The molecule has 0 amide bonds. The number of ether oxygens (including phenoxy) is 1. The maximum atomic E-state index is 11.7. The van der Waals surface area contributed by atoms with Crippen LogP contribution in [0.3, 0.4) is 0 Å². The molecule has 1 aliphatic rings. The van der Waals surface area contributed by atoms with Gasteiger partial charge in [-0.2, -0.15) is 0 Å². The summed E-state index contributed by atoms with van der Waals surface area (Å²) in [6.07, 6.45) is 1.60. The molecule has 0 aromatic carbocycles. The summed E-state index contributed by atoms with van der Waals surface area (Å²) in [7, 11) is 0. The van der Waals surface area contributed by atoms with Crippen LogP contribution in [0.1, 0.15) is 40.0 Å². The molecule has 0 aromatic rings. The van der Waals surface area contributed by atoms with Crippen LogP contribution in [0, 0.1) is 11.3 Å². The first kappa shape index (κ1) is 12.4. The summed E-state index contributed by atoms with van der Waals surface area (Å²) in [4.78, 5) is 23.5. The van der Waals surface area contributed by atoms with E-state index in [9.17, 15) is 9.59 Å². The Kier molecular flexibility index (Phi) is 4.03. The molecule has 1 fully saturated rings. The molecule has 0 spiro atoms. The van der Waals surface area contributed by atoms with Gasteiger partial charge in [0, 0.05) is 26.1 Å². The van der Waals surface area contributed by atoms with Crippen LogP contribution in [0.4, 0.5) is 0 Å². The number of ketones is 2. The van der Waals surface area contributed by atoms with Crippen molar-refractivity contribution in [3.05, 3.63) is 0 Å². The van der Waals surface area contributed by atoms with Crippen molar-refractivity contribution in [1.82, 2.24) is 0 Å². The zero-order chi connectivity index (χ0) is 11.5. The predicted octanol–water partition coefficient (Wildman–Crippen LogP) is 1.99. The van der Waals surface area contributed by atoms with E-state index < -0.39 is 5.92 Å². The number of carbonyl (C=O) groups excluding carboxylic acids is 2. The number of carbonyl (C=O) groups is 2. The molecule has 0 heterocycles. The summed E-state index contributed by atoms with van der Waals surface area (Å²) < 4.78 is 5.18. The van der Waals surface area contributed by atoms with Crippen LogP contribution >= 0.6 is 0 Å². The predicted molar refractivity (Wildman–Crippen MR) is 57.6 cm³/mol. The maximum Gasteiger partial charge on any atom is 0.143 e. The Hall–Kier alpha value is -0.700. The van der Waals surface area contributed by atoms with E-state index in [-0.39, 0.29) is 17.0 Å². The third-order valence-electron chi connectivity index (χ3n) is 2.84. The lowest BCUT2D eigenvalue weighted by Gasteiger charge is -2.31. The fourth-order valence-corrected chi connectivity index (χ4v) is 2.10. The number of Topliss-reactive ketones (excluding diaryl/α,β-unsaturated/α-hetero) is 2. The van der Waals surface area contributed by atoms with E-state index in [0.717, 1.165) is 0 Å². The summed E-state index contributed by atoms with van der Waals surface area (Å²) in [5, 5.41) is 0. The van der Waals surface area contributed by atoms with Gasteiger partial charge in [0.25, 0.3) is 0 Å². The highest BCUT2D eigenvalue weighted by Gasteiger charge is 2.38. The summed E-state index contributed by atoms with van der Waals surface area (Å²) in [5.74, 6) is -0.212. The van der Waals surface area contributed by atoms with Crippen LogP contribution in [-0.4, -0.2) is 24.8 Å². The van der Waals surface area contributed by atoms with E-state index in [1.165, 1.54) is 0 Å². The number of hydrogen-bond acceptors (Lipinski definition) is 3. The van der Waals surface area contributed by atoms with Gasteiger partial charge in [-0.15, -0.1) is 0 Å². The molecule has 1 saturated carbocycles. The summed E-state index contributed by atoms with van der Waals surface area (Å²) >= 11 is 0. The van der Waals surface area contributed by atoms with Crippen molar-refractivity contribution in [3.63, 3.8) is 0 Å². The van der Waals surface area contributed by atoms with Gasteiger partial charge in [0.05, 0.1) is 5.92 Å². The smallest absolute Gasteiger partial charge is 0.143 e. The Bertz CT molecular complexity index is 236. The van der Waals surface area contributed by atoms with Crippen LogP contribution in [-0.2, 0) is 14.3 Å². The molecule has 3 heteroatoms. The topological polar surface area (TPSA) is 43.4 Å². The fraction of sp³-hybridized carbons (Fsp3) is 0.833. The highest BCUT2D eigenvalue weighted by atomic mass is 16.5. The van der Waals surface area contributed by atoms with Crippen molar-refractivity contribution >= 4 is 11.6 Å². The molecule has 0 aromatic heterocycles. The normalized spacial score (nSPS) is 22.1. The van der Waals surface area contributed by atoms with E-state index in [4.69, 9.17) is 4.74 Å². The Morgan fingerprint density at radius 3 is 2.27 bits per heavy atom. The second-order valence-corrected chi connectivity index (χ2v) is 4.99. The molecule has 3 nitrogen and oxygen atoms in total. The molecule has 0 bridgehead atoms. The molecular weight excluding hydrogens is 192 g/mol. The molecule has 0 aliphatic heterocycles. The molecule has 0 saturated heterocycles. The van der Waals surface area contributed by atoms with Crippen molar-refractivity contribution in [1.29, 1.82) is 0 Å². The molecule has 0 atom stereocenters. The van der Waals surface area contributed by atoms with Crippen LogP contribution in [0.25, 0.3) is 0 Å². The number of hydrogen-bond donors (Lipinski definition) is 0. The average molecular weight is 212 g/mol. The van der Waals surface area contributed by atoms with Crippen molar-refractivity contribution < 1.29 is 14.3 Å². The molecule has 1 aliphatic carbocycles. The second kappa shape index (κ2) is 4.88. The van der Waals surface area contributed by atoms with Gasteiger partial charge in [-0.05, 0) is 18.8 Å². The van der Waals surface area contributed by atoms with Crippen LogP contribution < -0.4 is 0 Å². The van der Waals surface area contributed by atoms with Crippen LogP contribution in [0.2, 0.25) is 0 Å². The van der Waals surface area contributed by atoms with E-state index in [1.807, 2.05) is 20.8 Å². The van der Waals surface area contributed by atoms with Gasteiger partial charge in [-0.3, -0.25) is 9.59 Å². The Morgan fingerprint density at radius 2 is 1.80 bits per heavy atom. The van der Waals surface area contributed by atoms with Gasteiger partial charge in [0.15, 0.2) is 0 Å². The first-order chi connectivity index (χ1) is 6.96. The Labute approximate surface area is 91.2 Å². The molecular formula is C12H20O3. The van der Waals surface area contributed by atoms with Crippen molar-refractivity contribution in [2.24, 2.45) is 11.3 Å². The van der Waals surface area contributed by atoms with Gasteiger partial charge in [0.1, 0.15) is 11.6 Å². The highest BCUT2D eigenvalue weighted by Crippen LogP contribution is 2.34. The van der Waals surface area contributed by atoms with Gasteiger partial charge in [0.2, 0.25) is 0 Å². The van der Waals surface area contributed by atoms with E-state index in [1.54, 1.807) is 0 Å². The third kappa shape index (κ3) is 3.42. The lowest BCUT2D eigenvalue weighted by molar-refractivity contribution is -0.140. The molecule has 0 radical (unpaired) electrons. The largest absolute Gasteiger partial charge is 0.382 e. The third-order valence-corrected chi connectivity index (χ3v) is 2.84. The highest BCUT2D eigenvalue weighted by molar-refractivity contribution is 6.05. The molecule has 0 N–H and O–H groups in total. The van der Waals surface area contributed by atoms with E-state index in [0.29, 0.717) is 32.5 Å². The lowest BCUT2D eigenvalue weighted by atomic mass is 9.71. The zero-order valence-electron chi connectivity index (χ0n) is 9.84.